The maximum absolute atomic E-state index is 11.2. The number of aliphatic hydroxyl groups excluding tert-OH is 1. The lowest BCUT2D eigenvalue weighted by Crippen LogP contribution is -2.39. The highest BCUT2D eigenvalue weighted by Crippen LogP contribution is 2.36. The number of anilines is 3. The third-order valence-corrected chi connectivity index (χ3v) is 3.26. The van der Waals surface area contributed by atoms with Crippen molar-refractivity contribution in [1.29, 1.82) is 0 Å². The molecule has 1 fully saturated rings. The zero-order chi connectivity index (χ0) is 12.7. The number of rotatable bonds is 2. The Morgan fingerprint density at radius 1 is 1.44 bits per heavy atom. The molecule has 96 valence electrons. The molecule has 1 amide bonds. The summed E-state index contributed by atoms with van der Waals surface area (Å²) in [6.45, 7) is 0.0219. The number of ether oxygens (including phenoxy) is 1. The maximum Gasteiger partial charge on any atom is 0.262 e. The van der Waals surface area contributed by atoms with Crippen molar-refractivity contribution in [3.8, 4) is 5.75 Å². The predicted molar refractivity (Wildman–Crippen MR) is 67.6 cm³/mol. The Balaban J connectivity index is 1.82. The normalized spacial score (nSPS) is 25.5. The second-order valence-corrected chi connectivity index (χ2v) is 4.74. The number of fused-ring (bicyclic) bond motifs is 1. The van der Waals surface area contributed by atoms with Gasteiger partial charge in [0.25, 0.3) is 5.91 Å². The molecule has 1 aliphatic carbocycles. The van der Waals surface area contributed by atoms with E-state index in [9.17, 15) is 9.90 Å². The molecule has 0 radical (unpaired) electrons. The van der Waals surface area contributed by atoms with Crippen LogP contribution < -0.4 is 21.1 Å². The van der Waals surface area contributed by atoms with E-state index in [0.717, 1.165) is 18.5 Å². The molecule has 1 aliphatic heterocycles. The van der Waals surface area contributed by atoms with Gasteiger partial charge in [0, 0.05) is 12.1 Å². The van der Waals surface area contributed by atoms with Crippen molar-refractivity contribution in [2.75, 3.05) is 23.0 Å². The van der Waals surface area contributed by atoms with Crippen LogP contribution >= 0.6 is 0 Å². The van der Waals surface area contributed by atoms with Crippen molar-refractivity contribution in [2.24, 2.45) is 0 Å². The summed E-state index contributed by atoms with van der Waals surface area (Å²) in [5.41, 5.74) is 7.89. The smallest absolute Gasteiger partial charge is 0.262 e. The number of benzene rings is 1. The van der Waals surface area contributed by atoms with Gasteiger partial charge in [0.1, 0.15) is 5.75 Å². The Morgan fingerprint density at radius 3 is 2.94 bits per heavy atom. The summed E-state index contributed by atoms with van der Waals surface area (Å²) in [5.74, 6) is 0.420. The molecular formula is C12H15N3O3. The predicted octanol–water partition coefficient (Wildman–Crippen LogP) is 0.535. The minimum atomic E-state index is -0.218. The third kappa shape index (κ3) is 1.95. The van der Waals surface area contributed by atoms with Crippen molar-refractivity contribution in [3.63, 3.8) is 0 Å². The van der Waals surface area contributed by atoms with Crippen LogP contribution in [0.2, 0.25) is 0 Å². The van der Waals surface area contributed by atoms with Crippen LogP contribution in [0.1, 0.15) is 12.8 Å². The molecule has 1 aromatic rings. The van der Waals surface area contributed by atoms with Crippen molar-refractivity contribution in [3.05, 3.63) is 12.1 Å². The first-order chi connectivity index (χ1) is 8.61. The highest BCUT2D eigenvalue weighted by molar-refractivity contribution is 5.97. The second-order valence-electron chi connectivity index (χ2n) is 4.74. The SMILES string of the molecule is Nc1cc2c(cc1NC1CC(O)C1)NC(=O)CO2. The van der Waals surface area contributed by atoms with Crippen LogP contribution in [0.5, 0.6) is 5.75 Å². The van der Waals surface area contributed by atoms with Crippen LogP contribution in [0, 0.1) is 0 Å². The van der Waals surface area contributed by atoms with Gasteiger partial charge >= 0.3 is 0 Å². The third-order valence-electron chi connectivity index (χ3n) is 3.26. The second kappa shape index (κ2) is 4.06. The van der Waals surface area contributed by atoms with Crippen LogP contribution in [-0.2, 0) is 4.79 Å². The Kier molecular flexibility index (Phi) is 2.52. The fraction of sp³-hybridized carbons (Fsp3) is 0.417. The highest BCUT2D eigenvalue weighted by atomic mass is 16.5. The average molecular weight is 249 g/mol. The monoisotopic (exact) mass is 249 g/mol. The Labute approximate surface area is 104 Å². The minimum absolute atomic E-state index is 0.0219. The first-order valence-corrected chi connectivity index (χ1v) is 5.92. The van der Waals surface area contributed by atoms with E-state index in [1.165, 1.54) is 0 Å². The lowest BCUT2D eigenvalue weighted by Gasteiger charge is -2.33. The van der Waals surface area contributed by atoms with Gasteiger partial charge in [-0.25, -0.2) is 0 Å². The Bertz CT molecular complexity index is 498. The number of nitrogens with two attached hydrogens (primary N) is 1. The first kappa shape index (κ1) is 11.2. The van der Waals surface area contributed by atoms with Crippen LogP contribution in [0.3, 0.4) is 0 Å². The summed E-state index contributed by atoms with van der Waals surface area (Å²) in [5, 5.41) is 15.2. The van der Waals surface area contributed by atoms with E-state index in [1.54, 1.807) is 12.1 Å². The number of nitrogens with one attached hydrogen (secondary N) is 2. The highest BCUT2D eigenvalue weighted by Gasteiger charge is 2.28. The van der Waals surface area contributed by atoms with Crippen molar-refractivity contribution in [2.45, 2.75) is 25.0 Å². The van der Waals surface area contributed by atoms with Gasteiger partial charge in [-0.05, 0) is 18.9 Å². The zero-order valence-corrected chi connectivity index (χ0v) is 9.77. The van der Waals surface area contributed by atoms with E-state index in [2.05, 4.69) is 10.6 Å². The van der Waals surface area contributed by atoms with Gasteiger partial charge in [-0.15, -0.1) is 0 Å². The van der Waals surface area contributed by atoms with Gasteiger partial charge in [-0.3, -0.25) is 4.79 Å². The fourth-order valence-corrected chi connectivity index (χ4v) is 2.19. The molecule has 0 spiro atoms. The van der Waals surface area contributed by atoms with Gasteiger partial charge in [-0.2, -0.15) is 0 Å². The first-order valence-electron chi connectivity index (χ1n) is 5.92. The Hall–Kier alpha value is -1.95. The minimum Gasteiger partial charge on any atom is -0.482 e. The largest absolute Gasteiger partial charge is 0.482 e. The van der Waals surface area contributed by atoms with Crippen LogP contribution in [0.4, 0.5) is 17.1 Å². The van der Waals surface area contributed by atoms with Crippen LogP contribution in [0.25, 0.3) is 0 Å². The quantitative estimate of drug-likeness (QED) is 0.573. The zero-order valence-electron chi connectivity index (χ0n) is 9.77. The standard InChI is InChI=1S/C12H15N3O3/c13-8-3-11-10(15-12(17)5-18-11)4-9(8)14-6-1-7(16)2-6/h3-4,6-7,14,16H,1-2,5,13H2,(H,15,17). The molecule has 3 rings (SSSR count). The topological polar surface area (TPSA) is 96.6 Å². The molecule has 1 heterocycles. The summed E-state index contributed by atoms with van der Waals surface area (Å²) in [7, 11) is 0. The molecule has 5 N–H and O–H groups in total. The molecule has 1 aromatic carbocycles. The van der Waals surface area contributed by atoms with Gasteiger partial charge in [0.2, 0.25) is 0 Å². The molecule has 6 nitrogen and oxygen atoms in total. The fourth-order valence-electron chi connectivity index (χ4n) is 2.19. The lowest BCUT2D eigenvalue weighted by molar-refractivity contribution is -0.118. The number of amides is 1. The van der Waals surface area contributed by atoms with E-state index < -0.39 is 0 Å². The molecule has 6 heteroatoms. The number of hydrogen-bond donors (Lipinski definition) is 4. The summed E-state index contributed by atoms with van der Waals surface area (Å²) in [6.07, 6.45) is 1.23. The molecule has 0 aromatic heterocycles. The van der Waals surface area contributed by atoms with Gasteiger partial charge in [0.05, 0.1) is 23.2 Å². The Morgan fingerprint density at radius 2 is 2.22 bits per heavy atom. The van der Waals surface area contributed by atoms with E-state index in [4.69, 9.17) is 10.5 Å². The van der Waals surface area contributed by atoms with E-state index in [-0.39, 0.29) is 24.7 Å². The molecule has 2 aliphatic rings. The molecule has 0 atom stereocenters. The molecule has 18 heavy (non-hydrogen) atoms. The summed E-state index contributed by atoms with van der Waals surface area (Å²) < 4.78 is 5.27. The van der Waals surface area contributed by atoms with Gasteiger partial charge < -0.3 is 26.2 Å². The maximum atomic E-state index is 11.2. The molecule has 0 bridgehead atoms. The average Bonchev–Trinajstić information content (AvgIpc) is 2.28. The molecule has 1 saturated carbocycles. The summed E-state index contributed by atoms with van der Waals surface area (Å²) in [6, 6.07) is 3.71. The number of hydrogen-bond acceptors (Lipinski definition) is 5. The van der Waals surface area contributed by atoms with E-state index in [1.807, 2.05) is 0 Å². The van der Waals surface area contributed by atoms with E-state index in [0.29, 0.717) is 17.1 Å². The van der Waals surface area contributed by atoms with Crippen molar-refractivity contribution < 1.29 is 14.6 Å². The lowest BCUT2D eigenvalue weighted by atomic mass is 9.89. The van der Waals surface area contributed by atoms with E-state index >= 15 is 0 Å². The van der Waals surface area contributed by atoms with Crippen LogP contribution in [0.15, 0.2) is 12.1 Å². The van der Waals surface area contributed by atoms with Crippen LogP contribution in [-0.4, -0.2) is 29.8 Å². The van der Waals surface area contributed by atoms with Crippen molar-refractivity contribution in [1.82, 2.24) is 0 Å². The molecule has 0 unspecified atom stereocenters. The van der Waals surface area contributed by atoms with Gasteiger partial charge in [0.15, 0.2) is 6.61 Å². The molecular weight excluding hydrogens is 234 g/mol. The number of carbonyl (C=O) groups is 1. The number of aliphatic hydroxyl groups is 1. The number of nitrogen functional groups attached to an aromatic ring is 1. The number of carbonyl (C=O) groups excluding carboxylic acids is 1. The molecule has 0 saturated heterocycles. The summed E-state index contributed by atoms with van der Waals surface area (Å²) in [4.78, 5) is 11.2. The van der Waals surface area contributed by atoms with Gasteiger partial charge in [-0.1, -0.05) is 0 Å². The van der Waals surface area contributed by atoms with Crippen molar-refractivity contribution >= 4 is 23.0 Å². The summed E-state index contributed by atoms with van der Waals surface area (Å²) >= 11 is 0.